The number of imidazole rings is 1. The van der Waals surface area contributed by atoms with Crippen molar-refractivity contribution in [3.8, 4) is 0 Å². The molecule has 13 heteroatoms. The number of nitrogens with zero attached hydrogens (tertiary/aromatic N) is 4. The van der Waals surface area contributed by atoms with Crippen LogP contribution in [0.25, 0.3) is 11.2 Å². The number of ether oxygens (including phenoxy) is 2. The molecule has 11 nitrogen and oxygen atoms in total. The van der Waals surface area contributed by atoms with E-state index >= 15 is 0 Å². The Morgan fingerprint density at radius 3 is 2.72 bits per heavy atom. The standard InChI is InChI=1S/C19H26N5O6PS/c20-19-22-17-16(18(23-19)32-9-7-25)21-12-24(17)13-30-15(6-8-31(26,27)28)11-29-10-14-4-2-1-3-5-14/h1-5,12,15,25H,6-11,13H2,(H2,20,22,23)(H2,26,27,28). The number of nitrogen functional groups attached to an aromatic ring is 1. The summed E-state index contributed by atoms with van der Waals surface area (Å²) in [6.45, 7) is 0.553. The Kier molecular flexibility index (Phi) is 9.00. The van der Waals surface area contributed by atoms with Gasteiger partial charge in [0.15, 0.2) is 5.65 Å². The van der Waals surface area contributed by atoms with E-state index in [0.29, 0.717) is 28.5 Å². The van der Waals surface area contributed by atoms with Crippen LogP contribution < -0.4 is 5.73 Å². The van der Waals surface area contributed by atoms with Crippen molar-refractivity contribution in [1.29, 1.82) is 0 Å². The zero-order valence-corrected chi connectivity index (χ0v) is 19.0. The van der Waals surface area contributed by atoms with E-state index in [0.717, 1.165) is 5.56 Å². The molecule has 0 aliphatic rings. The van der Waals surface area contributed by atoms with E-state index in [-0.39, 0.29) is 38.5 Å². The van der Waals surface area contributed by atoms with Gasteiger partial charge in [-0.05, 0) is 12.0 Å². The largest absolute Gasteiger partial charge is 0.396 e. The molecule has 0 radical (unpaired) electrons. The number of benzene rings is 1. The van der Waals surface area contributed by atoms with Crippen LogP contribution in [0.4, 0.5) is 5.95 Å². The number of aliphatic hydroxyl groups excluding tert-OH is 1. The lowest BCUT2D eigenvalue weighted by molar-refractivity contribution is -0.0491. The molecule has 0 saturated carbocycles. The zero-order valence-electron chi connectivity index (χ0n) is 17.3. The van der Waals surface area contributed by atoms with Gasteiger partial charge in [0.25, 0.3) is 0 Å². The quantitative estimate of drug-likeness (QED) is 0.158. The fourth-order valence-corrected chi connectivity index (χ4v) is 4.21. The molecule has 0 spiro atoms. The van der Waals surface area contributed by atoms with Crippen molar-refractivity contribution in [3.63, 3.8) is 0 Å². The molecule has 1 aromatic carbocycles. The second kappa shape index (κ2) is 11.7. The van der Waals surface area contributed by atoms with Crippen molar-refractivity contribution in [3.05, 3.63) is 42.2 Å². The van der Waals surface area contributed by atoms with Gasteiger partial charge in [-0.2, -0.15) is 4.98 Å². The zero-order chi connectivity index (χ0) is 23.0. The Labute approximate surface area is 189 Å². The second-order valence-corrected chi connectivity index (χ2v) is 9.80. The van der Waals surface area contributed by atoms with Gasteiger partial charge in [0, 0.05) is 5.75 Å². The first-order valence-electron chi connectivity index (χ1n) is 9.85. The van der Waals surface area contributed by atoms with E-state index in [2.05, 4.69) is 15.0 Å². The van der Waals surface area contributed by atoms with Crippen LogP contribution in [0.15, 0.2) is 41.7 Å². The van der Waals surface area contributed by atoms with Gasteiger partial charge in [0.05, 0.1) is 38.4 Å². The summed E-state index contributed by atoms with van der Waals surface area (Å²) in [4.78, 5) is 31.2. The summed E-state index contributed by atoms with van der Waals surface area (Å²) < 4.78 is 24.6. The van der Waals surface area contributed by atoms with E-state index in [4.69, 9.17) is 20.3 Å². The van der Waals surface area contributed by atoms with Crippen molar-refractivity contribution in [2.24, 2.45) is 0 Å². The molecule has 1 atom stereocenters. The molecule has 0 amide bonds. The normalized spacial score (nSPS) is 13.0. The first-order valence-corrected chi connectivity index (χ1v) is 12.6. The second-order valence-electron chi connectivity index (χ2n) is 6.94. The van der Waals surface area contributed by atoms with Crippen molar-refractivity contribution in [2.75, 3.05) is 30.9 Å². The van der Waals surface area contributed by atoms with Crippen LogP contribution in [0.1, 0.15) is 12.0 Å². The van der Waals surface area contributed by atoms with Crippen LogP contribution in [-0.2, 0) is 27.4 Å². The first kappa shape index (κ1) is 24.6. The van der Waals surface area contributed by atoms with Crippen LogP contribution in [0.5, 0.6) is 0 Å². The minimum absolute atomic E-state index is 0.00980. The third-order valence-corrected chi connectivity index (χ3v) is 6.17. The van der Waals surface area contributed by atoms with Crippen LogP contribution in [-0.4, -0.2) is 65.6 Å². The van der Waals surface area contributed by atoms with E-state index < -0.39 is 13.7 Å². The maximum atomic E-state index is 11.3. The van der Waals surface area contributed by atoms with Crippen LogP contribution >= 0.6 is 19.4 Å². The van der Waals surface area contributed by atoms with Crippen molar-refractivity contribution in [1.82, 2.24) is 19.5 Å². The number of rotatable bonds is 13. The summed E-state index contributed by atoms with van der Waals surface area (Å²) >= 11 is 1.32. The average Bonchev–Trinajstić information content (AvgIpc) is 3.16. The van der Waals surface area contributed by atoms with Crippen molar-refractivity contribution in [2.45, 2.75) is 30.9 Å². The average molecular weight is 483 g/mol. The number of hydrogen-bond donors (Lipinski definition) is 4. The number of aromatic nitrogens is 4. The fourth-order valence-electron chi connectivity index (χ4n) is 2.87. The number of anilines is 1. The topological polar surface area (TPSA) is 166 Å². The van der Waals surface area contributed by atoms with Gasteiger partial charge in [-0.1, -0.05) is 30.3 Å². The van der Waals surface area contributed by atoms with Crippen LogP contribution in [0.2, 0.25) is 0 Å². The molecule has 2 aromatic heterocycles. The lowest BCUT2D eigenvalue weighted by atomic mass is 10.2. The van der Waals surface area contributed by atoms with Crippen molar-refractivity contribution >= 4 is 36.5 Å². The molecule has 5 N–H and O–H groups in total. The van der Waals surface area contributed by atoms with E-state index in [1.807, 2.05) is 30.3 Å². The molecule has 0 saturated heterocycles. The molecule has 1 unspecified atom stereocenters. The van der Waals surface area contributed by atoms with E-state index in [9.17, 15) is 14.4 Å². The third kappa shape index (κ3) is 7.52. The molecule has 0 bridgehead atoms. The number of thioether (sulfide) groups is 1. The Morgan fingerprint density at radius 1 is 1.22 bits per heavy atom. The molecular formula is C19H26N5O6PS. The van der Waals surface area contributed by atoms with Gasteiger partial charge in [0.1, 0.15) is 17.3 Å². The molecule has 3 aromatic rings. The summed E-state index contributed by atoms with van der Waals surface area (Å²) in [5.74, 6) is 0.516. The maximum absolute atomic E-state index is 11.3. The minimum atomic E-state index is -4.17. The Morgan fingerprint density at radius 2 is 2.00 bits per heavy atom. The molecule has 0 fully saturated rings. The third-order valence-electron chi connectivity index (χ3n) is 4.39. The van der Waals surface area contributed by atoms with Crippen LogP contribution in [0, 0.1) is 0 Å². The molecule has 174 valence electrons. The van der Waals surface area contributed by atoms with E-state index in [1.165, 1.54) is 18.1 Å². The SMILES string of the molecule is Nc1nc(SCCO)c2ncn(COC(CCP(=O)(O)O)COCc3ccccc3)c2n1. The van der Waals surface area contributed by atoms with Gasteiger partial charge in [-0.15, -0.1) is 11.8 Å². The molecule has 3 rings (SSSR count). The molecular weight excluding hydrogens is 457 g/mol. The Bertz CT molecular complexity index is 1050. The highest BCUT2D eigenvalue weighted by Crippen LogP contribution is 2.35. The minimum Gasteiger partial charge on any atom is -0.396 e. The van der Waals surface area contributed by atoms with Gasteiger partial charge in [-0.25, -0.2) is 9.97 Å². The predicted octanol–water partition coefficient (Wildman–Crippen LogP) is 1.62. The lowest BCUT2D eigenvalue weighted by Gasteiger charge is -2.19. The van der Waals surface area contributed by atoms with Gasteiger partial charge in [0.2, 0.25) is 5.95 Å². The monoisotopic (exact) mass is 483 g/mol. The highest BCUT2D eigenvalue weighted by molar-refractivity contribution is 7.99. The fraction of sp³-hybridized carbons (Fsp3) is 0.421. The summed E-state index contributed by atoms with van der Waals surface area (Å²) in [6.07, 6.45) is 0.799. The maximum Gasteiger partial charge on any atom is 0.325 e. The smallest absolute Gasteiger partial charge is 0.325 e. The highest BCUT2D eigenvalue weighted by Gasteiger charge is 2.20. The first-order chi connectivity index (χ1) is 15.4. The molecule has 32 heavy (non-hydrogen) atoms. The summed E-state index contributed by atoms with van der Waals surface area (Å²) in [7, 11) is -4.17. The van der Waals surface area contributed by atoms with E-state index in [1.54, 1.807) is 4.57 Å². The number of hydrogen-bond acceptors (Lipinski definition) is 9. The van der Waals surface area contributed by atoms with Crippen molar-refractivity contribution < 1.29 is 28.9 Å². The lowest BCUT2D eigenvalue weighted by Crippen LogP contribution is -2.23. The Hall–Kier alpha value is -2.05. The Balaban J connectivity index is 1.66. The summed E-state index contributed by atoms with van der Waals surface area (Å²) in [5, 5.41) is 9.62. The number of fused-ring (bicyclic) bond motifs is 1. The van der Waals surface area contributed by atoms with Gasteiger partial charge in [-0.3, -0.25) is 9.13 Å². The summed E-state index contributed by atoms with van der Waals surface area (Å²) in [6, 6.07) is 9.59. The molecule has 0 aliphatic carbocycles. The van der Waals surface area contributed by atoms with Crippen LogP contribution in [0.3, 0.4) is 0 Å². The molecule has 0 aliphatic heterocycles. The van der Waals surface area contributed by atoms with Gasteiger partial charge >= 0.3 is 7.60 Å². The number of aliphatic hydroxyl groups is 1. The highest BCUT2D eigenvalue weighted by atomic mass is 32.2. The van der Waals surface area contributed by atoms with Gasteiger partial charge < -0.3 is 30.1 Å². The predicted molar refractivity (Wildman–Crippen MR) is 120 cm³/mol. The number of nitrogens with two attached hydrogens (primary N) is 1. The molecule has 2 heterocycles. The summed E-state index contributed by atoms with van der Waals surface area (Å²) in [5.41, 5.74) is 7.80.